The van der Waals surface area contributed by atoms with E-state index in [0.717, 1.165) is 14.8 Å². The minimum atomic E-state index is -3.90. The van der Waals surface area contributed by atoms with E-state index < -0.39 is 15.9 Å². The molecular formula is C23H18IN3O4S2. The molecule has 0 radical (unpaired) electrons. The van der Waals surface area contributed by atoms with Crippen molar-refractivity contribution in [3.63, 3.8) is 0 Å². The van der Waals surface area contributed by atoms with Crippen LogP contribution in [0.1, 0.15) is 10.4 Å². The lowest BCUT2D eigenvalue weighted by molar-refractivity contribution is 0.102. The molecule has 0 aliphatic rings. The van der Waals surface area contributed by atoms with Crippen LogP contribution in [0.15, 0.2) is 83.1 Å². The maximum atomic E-state index is 12.9. The molecule has 3 aromatic carbocycles. The number of benzene rings is 3. The fraction of sp³-hybridized carbons (Fsp3) is 0.0435. The fourth-order valence-corrected chi connectivity index (χ4v) is 5.13. The summed E-state index contributed by atoms with van der Waals surface area (Å²) in [6.45, 7) is 0. The Morgan fingerprint density at radius 1 is 1.00 bits per heavy atom. The summed E-state index contributed by atoms with van der Waals surface area (Å²) in [5.74, 6) is 0.0772. The summed E-state index contributed by atoms with van der Waals surface area (Å²) in [6, 6.07) is 20.3. The third-order valence-electron chi connectivity index (χ3n) is 4.65. The summed E-state index contributed by atoms with van der Waals surface area (Å²) >= 11 is 3.53. The minimum Gasteiger partial charge on any atom is -0.497 e. The molecule has 1 heterocycles. The maximum absolute atomic E-state index is 12.9. The number of ether oxygens (including phenoxy) is 1. The van der Waals surface area contributed by atoms with Crippen LogP contribution in [-0.4, -0.2) is 26.4 Å². The zero-order valence-corrected chi connectivity index (χ0v) is 21.1. The van der Waals surface area contributed by atoms with Crippen LogP contribution < -0.4 is 14.8 Å². The van der Waals surface area contributed by atoms with E-state index in [9.17, 15) is 13.2 Å². The molecule has 4 rings (SSSR count). The van der Waals surface area contributed by atoms with Gasteiger partial charge in [0.15, 0.2) is 5.13 Å². The Labute approximate surface area is 209 Å². The molecule has 33 heavy (non-hydrogen) atoms. The van der Waals surface area contributed by atoms with E-state index in [1.54, 1.807) is 30.3 Å². The quantitative estimate of drug-likeness (QED) is 0.278. The first-order valence-corrected chi connectivity index (χ1v) is 13.1. The largest absolute Gasteiger partial charge is 0.497 e. The van der Waals surface area contributed by atoms with Crippen molar-refractivity contribution in [2.75, 3.05) is 17.1 Å². The predicted octanol–water partition coefficient (Wildman–Crippen LogP) is 5.48. The first-order chi connectivity index (χ1) is 15.9. The van der Waals surface area contributed by atoms with Gasteiger partial charge >= 0.3 is 0 Å². The van der Waals surface area contributed by atoms with Gasteiger partial charge < -0.3 is 4.74 Å². The number of hydrogen-bond donors (Lipinski definition) is 2. The summed E-state index contributed by atoms with van der Waals surface area (Å²) in [5.41, 5.74) is 2.04. The number of nitrogens with one attached hydrogen (secondary N) is 2. The van der Waals surface area contributed by atoms with Crippen molar-refractivity contribution in [2.45, 2.75) is 4.90 Å². The molecule has 7 nitrogen and oxygen atoms in total. The Kier molecular flexibility index (Phi) is 6.96. The molecule has 0 fully saturated rings. The number of carbonyl (C=O) groups excluding carboxylic acids is 1. The molecule has 1 amide bonds. The van der Waals surface area contributed by atoms with E-state index in [1.807, 2.05) is 29.6 Å². The Morgan fingerprint density at radius 2 is 1.70 bits per heavy atom. The molecule has 0 unspecified atom stereocenters. The van der Waals surface area contributed by atoms with Crippen LogP contribution in [0, 0.1) is 3.57 Å². The number of sulfonamides is 1. The zero-order valence-electron chi connectivity index (χ0n) is 17.3. The average molecular weight is 591 g/mol. The molecule has 0 aliphatic carbocycles. The number of nitrogens with zero attached hydrogens (tertiary/aromatic N) is 1. The van der Waals surface area contributed by atoms with E-state index in [1.165, 1.54) is 36.6 Å². The normalized spacial score (nSPS) is 11.1. The first kappa shape index (κ1) is 23.2. The number of hydrogen-bond acceptors (Lipinski definition) is 6. The molecule has 168 valence electrons. The first-order valence-electron chi connectivity index (χ1n) is 9.64. The Morgan fingerprint density at radius 3 is 2.39 bits per heavy atom. The molecule has 10 heteroatoms. The monoisotopic (exact) mass is 591 g/mol. The van der Waals surface area contributed by atoms with Gasteiger partial charge in [-0.3, -0.25) is 14.8 Å². The van der Waals surface area contributed by atoms with Crippen LogP contribution in [0.5, 0.6) is 5.75 Å². The lowest BCUT2D eigenvalue weighted by Crippen LogP contribution is -2.18. The smallest absolute Gasteiger partial charge is 0.261 e. The van der Waals surface area contributed by atoms with E-state index in [2.05, 4.69) is 37.6 Å². The molecule has 2 N–H and O–H groups in total. The Balaban J connectivity index is 1.53. The van der Waals surface area contributed by atoms with Crippen LogP contribution in [0.25, 0.3) is 11.3 Å². The van der Waals surface area contributed by atoms with Crippen LogP contribution in [0.2, 0.25) is 0 Å². The van der Waals surface area contributed by atoms with Gasteiger partial charge in [0, 0.05) is 14.5 Å². The van der Waals surface area contributed by atoms with Crippen LogP contribution >= 0.6 is 33.9 Å². The second kappa shape index (κ2) is 9.89. The molecule has 0 atom stereocenters. The number of amides is 1. The van der Waals surface area contributed by atoms with Gasteiger partial charge in [0.2, 0.25) is 0 Å². The lowest BCUT2D eigenvalue weighted by atomic mass is 10.2. The van der Waals surface area contributed by atoms with Crippen molar-refractivity contribution in [2.24, 2.45) is 0 Å². The summed E-state index contributed by atoms with van der Waals surface area (Å²) in [6.07, 6.45) is 0. The number of para-hydroxylation sites is 1. The molecule has 0 saturated carbocycles. The van der Waals surface area contributed by atoms with Gasteiger partial charge in [-0.15, -0.1) is 11.3 Å². The van der Waals surface area contributed by atoms with Gasteiger partial charge in [0.1, 0.15) is 5.75 Å². The number of rotatable bonds is 7. The molecule has 0 aliphatic heterocycles. The standard InChI is InChI=1S/C23H18IN3O4S2/c1-31-17-10-12-18(13-11-17)33(29,30)27-20-5-3-2-4-19(20)22(28)26-23-25-21(14-32-23)15-6-8-16(24)9-7-15/h2-14,27H,1H3,(H,25,26,28). The van der Waals surface area contributed by atoms with Crippen LogP contribution in [0.3, 0.4) is 0 Å². The average Bonchev–Trinajstić information content (AvgIpc) is 3.28. The Bertz CT molecular complexity index is 1390. The SMILES string of the molecule is COc1ccc(S(=O)(=O)Nc2ccccc2C(=O)Nc2nc(-c3ccc(I)cc3)cs2)cc1. The molecule has 0 spiro atoms. The van der Waals surface area contributed by atoms with Gasteiger partial charge in [-0.1, -0.05) is 24.3 Å². The van der Waals surface area contributed by atoms with Crippen molar-refractivity contribution in [3.05, 3.63) is 87.3 Å². The van der Waals surface area contributed by atoms with Gasteiger partial charge in [0.05, 0.1) is 29.0 Å². The predicted molar refractivity (Wildman–Crippen MR) is 138 cm³/mol. The van der Waals surface area contributed by atoms with Crippen molar-refractivity contribution in [1.82, 2.24) is 4.98 Å². The maximum Gasteiger partial charge on any atom is 0.261 e. The highest BCUT2D eigenvalue weighted by Gasteiger charge is 2.19. The van der Waals surface area contributed by atoms with E-state index in [-0.39, 0.29) is 16.1 Å². The number of aromatic nitrogens is 1. The van der Waals surface area contributed by atoms with E-state index in [4.69, 9.17) is 4.74 Å². The van der Waals surface area contributed by atoms with Gasteiger partial charge in [-0.2, -0.15) is 0 Å². The van der Waals surface area contributed by atoms with Gasteiger partial charge in [-0.25, -0.2) is 13.4 Å². The summed E-state index contributed by atoms with van der Waals surface area (Å²) in [4.78, 5) is 17.5. The van der Waals surface area contributed by atoms with Crippen molar-refractivity contribution >= 4 is 60.7 Å². The van der Waals surface area contributed by atoms with Gasteiger partial charge in [0.25, 0.3) is 15.9 Å². The summed E-state index contributed by atoms with van der Waals surface area (Å²) in [5, 5.41) is 5.03. The van der Waals surface area contributed by atoms with E-state index >= 15 is 0 Å². The van der Waals surface area contributed by atoms with Crippen molar-refractivity contribution < 1.29 is 17.9 Å². The number of halogens is 1. The summed E-state index contributed by atoms with van der Waals surface area (Å²) in [7, 11) is -2.40. The van der Waals surface area contributed by atoms with Crippen molar-refractivity contribution in [1.29, 1.82) is 0 Å². The zero-order chi connectivity index (χ0) is 23.4. The van der Waals surface area contributed by atoms with Crippen LogP contribution in [-0.2, 0) is 10.0 Å². The highest BCUT2D eigenvalue weighted by atomic mass is 127. The minimum absolute atomic E-state index is 0.0561. The summed E-state index contributed by atoms with van der Waals surface area (Å²) < 4.78 is 34.3. The third kappa shape index (κ3) is 5.52. The molecule has 1 aromatic heterocycles. The second-order valence-electron chi connectivity index (χ2n) is 6.83. The highest BCUT2D eigenvalue weighted by molar-refractivity contribution is 14.1. The lowest BCUT2D eigenvalue weighted by Gasteiger charge is -2.12. The number of methoxy groups -OCH3 is 1. The van der Waals surface area contributed by atoms with Crippen LogP contribution in [0.4, 0.5) is 10.8 Å². The van der Waals surface area contributed by atoms with E-state index in [0.29, 0.717) is 10.9 Å². The highest BCUT2D eigenvalue weighted by Crippen LogP contribution is 2.27. The number of thiazole rings is 1. The Hall–Kier alpha value is -2.96. The third-order valence-corrected chi connectivity index (χ3v) is 7.51. The second-order valence-corrected chi connectivity index (χ2v) is 10.6. The topological polar surface area (TPSA) is 97.4 Å². The molecular weight excluding hydrogens is 573 g/mol. The van der Waals surface area contributed by atoms with Gasteiger partial charge in [-0.05, 0) is 71.1 Å². The molecule has 0 bridgehead atoms. The van der Waals surface area contributed by atoms with Crippen molar-refractivity contribution in [3.8, 4) is 17.0 Å². The number of carbonyl (C=O) groups is 1. The fourth-order valence-electron chi connectivity index (χ4n) is 2.98. The molecule has 0 saturated heterocycles. The molecule has 4 aromatic rings. The number of anilines is 2.